The highest BCUT2D eigenvalue weighted by molar-refractivity contribution is 7.47. The van der Waals surface area contributed by atoms with Gasteiger partial charge in [-0.1, -0.05) is 140 Å². The number of esters is 1. The largest absolute Gasteiger partial charge is 0.472 e. The predicted molar refractivity (Wildman–Crippen MR) is 230 cm³/mol. The van der Waals surface area contributed by atoms with Gasteiger partial charge in [-0.25, -0.2) is 4.57 Å². The van der Waals surface area contributed by atoms with E-state index in [9.17, 15) is 39.8 Å². The van der Waals surface area contributed by atoms with Crippen LogP contribution >= 0.6 is 7.82 Å². The minimum Gasteiger partial charge on any atom is -0.457 e. The number of phosphoric ester groups is 1. The maximum absolute atomic E-state index is 12.8. The van der Waals surface area contributed by atoms with Gasteiger partial charge in [0.25, 0.3) is 0 Å². The lowest BCUT2D eigenvalue weighted by atomic mass is 9.85. The van der Waals surface area contributed by atoms with E-state index >= 15 is 0 Å². The smallest absolute Gasteiger partial charge is 0.457 e. The quantitative estimate of drug-likeness (QED) is 0.0151. The molecule has 13 heteroatoms. The van der Waals surface area contributed by atoms with Crippen molar-refractivity contribution in [2.75, 3.05) is 19.8 Å². The minimum absolute atomic E-state index is 0.0860. The third-order valence-electron chi connectivity index (χ3n) is 10.2. The molecule has 0 aromatic carbocycles. The fourth-order valence-electron chi connectivity index (χ4n) is 6.60. The van der Waals surface area contributed by atoms with Gasteiger partial charge in [0.05, 0.1) is 13.2 Å². The second-order valence-electron chi connectivity index (χ2n) is 15.5. The first-order chi connectivity index (χ1) is 28.0. The number of hydrogen-bond donors (Lipinski definition) is 6. The number of carbonyl (C=O) groups is 1. The molecule has 0 bridgehead atoms. The van der Waals surface area contributed by atoms with Crippen LogP contribution in [0.4, 0.5) is 0 Å². The van der Waals surface area contributed by atoms with Gasteiger partial charge in [-0.05, 0) is 70.6 Å². The van der Waals surface area contributed by atoms with Crippen LogP contribution in [0.3, 0.4) is 0 Å². The van der Waals surface area contributed by atoms with Crippen molar-refractivity contribution in [3.05, 3.63) is 48.6 Å². The normalized spacial score (nSPS) is 23.1. The van der Waals surface area contributed by atoms with E-state index in [2.05, 4.69) is 62.5 Å². The average Bonchev–Trinajstić information content (AvgIpc) is 3.21. The third kappa shape index (κ3) is 27.9. The lowest BCUT2D eigenvalue weighted by Gasteiger charge is -2.41. The Labute approximate surface area is 350 Å². The fraction of sp³-hybridized carbons (Fsp3) is 0.800. The van der Waals surface area contributed by atoms with Gasteiger partial charge < -0.3 is 39.9 Å². The van der Waals surface area contributed by atoms with E-state index in [1.54, 1.807) is 0 Å². The van der Waals surface area contributed by atoms with Crippen LogP contribution < -0.4 is 0 Å². The van der Waals surface area contributed by atoms with E-state index in [0.717, 1.165) is 89.9 Å². The molecule has 1 fully saturated rings. The maximum Gasteiger partial charge on any atom is 0.472 e. The molecular formula is C45H81O12P. The molecule has 0 saturated heterocycles. The van der Waals surface area contributed by atoms with Crippen molar-refractivity contribution in [3.8, 4) is 0 Å². The Bertz CT molecular complexity index is 1140. The van der Waals surface area contributed by atoms with Gasteiger partial charge in [0.15, 0.2) is 0 Å². The predicted octanol–water partition coefficient (Wildman–Crippen LogP) is 8.86. The number of unbranched alkanes of at least 4 members (excludes halogenated alkanes) is 17. The van der Waals surface area contributed by atoms with E-state index in [0.29, 0.717) is 13.0 Å². The van der Waals surface area contributed by atoms with Crippen molar-refractivity contribution in [2.24, 2.45) is 0 Å². The molecule has 58 heavy (non-hydrogen) atoms. The first-order valence-corrected chi connectivity index (χ1v) is 24.0. The number of rotatable bonds is 37. The number of ether oxygens (including phenoxy) is 2. The molecule has 1 saturated carbocycles. The molecule has 0 radical (unpaired) electrons. The van der Waals surface area contributed by atoms with Crippen molar-refractivity contribution in [2.45, 2.75) is 211 Å². The Morgan fingerprint density at radius 2 is 1.02 bits per heavy atom. The van der Waals surface area contributed by atoms with E-state index in [1.165, 1.54) is 51.4 Å². The monoisotopic (exact) mass is 845 g/mol. The van der Waals surface area contributed by atoms with Gasteiger partial charge in [-0.2, -0.15) is 0 Å². The van der Waals surface area contributed by atoms with Crippen molar-refractivity contribution in [1.82, 2.24) is 0 Å². The van der Waals surface area contributed by atoms with Crippen molar-refractivity contribution >= 4 is 13.8 Å². The second-order valence-corrected chi connectivity index (χ2v) is 16.9. The molecule has 0 aromatic rings. The molecule has 0 aromatic heterocycles. The molecule has 1 aliphatic carbocycles. The number of carbonyl (C=O) groups excluding carboxylic acids is 1. The number of aliphatic hydroxyl groups is 5. The van der Waals surface area contributed by atoms with Gasteiger partial charge in [-0.3, -0.25) is 13.8 Å². The summed E-state index contributed by atoms with van der Waals surface area (Å²) >= 11 is 0. The molecule has 0 spiro atoms. The van der Waals surface area contributed by atoms with Crippen LogP contribution in [-0.2, 0) is 27.9 Å². The Kier molecular flexibility index (Phi) is 33.7. The van der Waals surface area contributed by atoms with Crippen molar-refractivity contribution in [1.29, 1.82) is 0 Å². The summed E-state index contributed by atoms with van der Waals surface area (Å²) in [5.74, 6) is -0.491. The molecule has 6 N–H and O–H groups in total. The Morgan fingerprint density at radius 3 is 1.57 bits per heavy atom. The molecule has 0 amide bonds. The lowest BCUT2D eigenvalue weighted by molar-refractivity contribution is -0.220. The van der Waals surface area contributed by atoms with E-state index in [1.807, 2.05) is 0 Å². The van der Waals surface area contributed by atoms with Crippen LogP contribution in [0, 0.1) is 0 Å². The summed E-state index contributed by atoms with van der Waals surface area (Å²) in [6, 6.07) is 0. The van der Waals surface area contributed by atoms with Crippen LogP contribution in [0.15, 0.2) is 48.6 Å². The van der Waals surface area contributed by atoms with Crippen molar-refractivity contribution < 1.29 is 58.3 Å². The first kappa shape index (κ1) is 54.3. The molecule has 12 nitrogen and oxygen atoms in total. The zero-order valence-corrected chi connectivity index (χ0v) is 36.7. The average molecular weight is 845 g/mol. The molecule has 6 atom stereocenters. The first-order valence-electron chi connectivity index (χ1n) is 22.5. The SMILES string of the molecule is CC/C=C\C/C=C\C/C=C\CCCCCCCCCC(=O)OC(COCCCCCCCC/C=C\CCCCCC)COP(=O)(O)OC1C(O)C(O)C(O)C(O)C1O. The maximum atomic E-state index is 12.8. The van der Waals surface area contributed by atoms with Gasteiger partial charge in [0.2, 0.25) is 0 Å². The summed E-state index contributed by atoms with van der Waals surface area (Å²) in [4.78, 5) is 23.1. The fourth-order valence-corrected chi connectivity index (χ4v) is 7.57. The van der Waals surface area contributed by atoms with E-state index in [4.69, 9.17) is 18.5 Å². The van der Waals surface area contributed by atoms with Gasteiger partial charge in [0.1, 0.15) is 42.7 Å². The summed E-state index contributed by atoms with van der Waals surface area (Å²) in [6.07, 6.45) is 30.3. The topological polar surface area (TPSA) is 192 Å². The highest BCUT2D eigenvalue weighted by Gasteiger charge is 2.51. The van der Waals surface area contributed by atoms with Crippen molar-refractivity contribution in [3.63, 3.8) is 0 Å². The Balaban J connectivity index is 2.42. The summed E-state index contributed by atoms with van der Waals surface area (Å²) < 4.78 is 34.1. The van der Waals surface area contributed by atoms with Crippen LogP contribution in [0.2, 0.25) is 0 Å². The van der Waals surface area contributed by atoms with Crippen LogP contribution in [0.25, 0.3) is 0 Å². The molecule has 0 heterocycles. The van der Waals surface area contributed by atoms with E-state index in [-0.39, 0.29) is 13.0 Å². The Morgan fingerprint density at radius 1 is 0.569 bits per heavy atom. The molecule has 0 aliphatic heterocycles. The molecule has 1 rings (SSSR count). The zero-order valence-electron chi connectivity index (χ0n) is 35.8. The van der Waals surface area contributed by atoms with E-state index < -0.39 is 63.1 Å². The summed E-state index contributed by atoms with van der Waals surface area (Å²) in [5, 5.41) is 50.1. The summed E-state index contributed by atoms with van der Waals surface area (Å²) in [5.41, 5.74) is 0. The third-order valence-corrected chi connectivity index (χ3v) is 11.2. The number of phosphoric acid groups is 1. The molecular weight excluding hydrogens is 763 g/mol. The molecule has 338 valence electrons. The summed E-state index contributed by atoms with van der Waals surface area (Å²) in [7, 11) is -5.02. The standard InChI is InChI=1S/C45H81O12P/c1-3-5-7-9-11-13-15-17-19-20-21-22-24-26-28-30-32-34-39(46)56-38(36-54-35-33-31-29-27-25-23-18-16-14-12-10-8-6-4-2)37-55-58(52,53)57-45-43(50)41(48)40(47)42(49)44(45)51/h5,7,11,13-14,16-17,19,38,40-45,47-51H,3-4,6,8-10,12,15,18,20-37H2,1-2H3,(H,52,53)/b7-5-,13-11-,16-14-,19-17-. The highest BCUT2D eigenvalue weighted by atomic mass is 31.2. The summed E-state index contributed by atoms with van der Waals surface area (Å²) in [6.45, 7) is 4.10. The lowest BCUT2D eigenvalue weighted by Crippen LogP contribution is -2.64. The number of allylic oxidation sites excluding steroid dienone is 8. The number of hydrogen-bond acceptors (Lipinski definition) is 11. The van der Waals surface area contributed by atoms with Gasteiger partial charge >= 0.3 is 13.8 Å². The number of aliphatic hydroxyl groups excluding tert-OH is 5. The molecule has 6 unspecified atom stereocenters. The minimum atomic E-state index is -5.02. The zero-order chi connectivity index (χ0) is 42.7. The van der Waals surface area contributed by atoms with Gasteiger partial charge in [-0.15, -0.1) is 0 Å². The Hall–Kier alpha value is -1.70. The molecule has 1 aliphatic rings. The second kappa shape index (κ2) is 36.0. The van der Waals surface area contributed by atoms with Crippen LogP contribution in [0.5, 0.6) is 0 Å². The van der Waals surface area contributed by atoms with Crippen LogP contribution in [-0.4, -0.2) is 98.9 Å². The van der Waals surface area contributed by atoms with Gasteiger partial charge in [0, 0.05) is 13.0 Å². The highest BCUT2D eigenvalue weighted by Crippen LogP contribution is 2.47. The van der Waals surface area contributed by atoms with Crippen LogP contribution in [0.1, 0.15) is 168 Å².